The van der Waals surface area contributed by atoms with Crippen molar-refractivity contribution in [2.24, 2.45) is 0 Å². The Kier molecular flexibility index (Phi) is 4.28. The van der Waals surface area contributed by atoms with Crippen molar-refractivity contribution in [3.05, 3.63) is 33.7 Å². The summed E-state index contributed by atoms with van der Waals surface area (Å²) in [6.07, 6.45) is 3.68. The van der Waals surface area contributed by atoms with E-state index in [1.165, 1.54) is 6.07 Å². The molecular formula is C12H17NO2. The standard InChI is InChI=1S/C12H17NO2/c1-3-4-5-6-11(14)10-7-8-12(15)13-9(10)2/h7-8H,3-6H2,1-2H3,(H,13,15). The summed E-state index contributed by atoms with van der Waals surface area (Å²) in [5, 5.41) is 0. The molecular weight excluding hydrogens is 190 g/mol. The molecule has 1 N–H and O–H groups in total. The number of nitrogens with one attached hydrogen (secondary N) is 1. The Bertz CT molecular complexity index is 393. The molecule has 0 aromatic carbocycles. The summed E-state index contributed by atoms with van der Waals surface area (Å²) < 4.78 is 0. The van der Waals surface area contributed by atoms with Gasteiger partial charge < -0.3 is 4.98 Å². The summed E-state index contributed by atoms with van der Waals surface area (Å²) >= 11 is 0. The van der Waals surface area contributed by atoms with Crippen LogP contribution in [-0.2, 0) is 0 Å². The molecule has 82 valence electrons. The lowest BCUT2D eigenvalue weighted by Gasteiger charge is -2.03. The Morgan fingerprint density at radius 3 is 2.67 bits per heavy atom. The van der Waals surface area contributed by atoms with Crippen LogP contribution in [0.3, 0.4) is 0 Å². The molecule has 15 heavy (non-hydrogen) atoms. The predicted octanol–water partition coefficient (Wildman–Crippen LogP) is 2.45. The number of unbranched alkanes of at least 4 members (excludes halogenated alkanes) is 2. The van der Waals surface area contributed by atoms with Crippen LogP contribution in [0.2, 0.25) is 0 Å². The maximum atomic E-state index is 11.7. The van der Waals surface area contributed by atoms with Crippen molar-refractivity contribution in [3.63, 3.8) is 0 Å². The predicted molar refractivity (Wildman–Crippen MR) is 60.3 cm³/mol. The van der Waals surface area contributed by atoms with E-state index in [4.69, 9.17) is 0 Å². The summed E-state index contributed by atoms with van der Waals surface area (Å²) in [6.45, 7) is 3.87. The SMILES string of the molecule is CCCCCC(=O)c1ccc(=O)[nH]c1C. The first-order valence-electron chi connectivity index (χ1n) is 5.38. The first-order chi connectivity index (χ1) is 7.15. The monoisotopic (exact) mass is 207 g/mol. The number of carbonyl (C=O) groups excluding carboxylic acids is 1. The van der Waals surface area contributed by atoms with Crippen LogP contribution in [0.4, 0.5) is 0 Å². The van der Waals surface area contributed by atoms with Crippen LogP contribution in [0.25, 0.3) is 0 Å². The van der Waals surface area contributed by atoms with Gasteiger partial charge in [0.05, 0.1) is 0 Å². The van der Waals surface area contributed by atoms with Gasteiger partial charge in [0.2, 0.25) is 5.56 Å². The second-order valence-electron chi connectivity index (χ2n) is 3.74. The first-order valence-corrected chi connectivity index (χ1v) is 5.38. The number of hydrogen-bond acceptors (Lipinski definition) is 2. The van der Waals surface area contributed by atoms with Gasteiger partial charge in [-0.25, -0.2) is 0 Å². The zero-order chi connectivity index (χ0) is 11.3. The fourth-order valence-corrected chi connectivity index (χ4v) is 1.55. The molecule has 3 heteroatoms. The number of Topliss-reactive ketones (excluding diaryl/α,β-unsaturated/α-hetero) is 1. The minimum Gasteiger partial charge on any atom is -0.326 e. The molecule has 1 aromatic heterocycles. The number of carbonyl (C=O) groups is 1. The Morgan fingerprint density at radius 2 is 2.07 bits per heavy atom. The van der Waals surface area contributed by atoms with Gasteiger partial charge in [-0.05, 0) is 19.4 Å². The molecule has 1 heterocycles. The fourth-order valence-electron chi connectivity index (χ4n) is 1.55. The number of aromatic nitrogens is 1. The van der Waals surface area contributed by atoms with E-state index in [0.29, 0.717) is 17.7 Å². The molecule has 0 saturated carbocycles. The van der Waals surface area contributed by atoms with Crippen LogP contribution in [-0.4, -0.2) is 10.8 Å². The van der Waals surface area contributed by atoms with Gasteiger partial charge in [0.15, 0.2) is 5.78 Å². The van der Waals surface area contributed by atoms with Gasteiger partial charge in [0, 0.05) is 23.7 Å². The number of hydrogen-bond donors (Lipinski definition) is 1. The van der Waals surface area contributed by atoms with E-state index in [0.717, 1.165) is 19.3 Å². The summed E-state index contributed by atoms with van der Waals surface area (Å²) in [5.74, 6) is 0.122. The Morgan fingerprint density at radius 1 is 1.33 bits per heavy atom. The van der Waals surface area contributed by atoms with Gasteiger partial charge >= 0.3 is 0 Å². The number of aryl methyl sites for hydroxylation is 1. The molecule has 0 atom stereocenters. The van der Waals surface area contributed by atoms with E-state index in [2.05, 4.69) is 11.9 Å². The molecule has 3 nitrogen and oxygen atoms in total. The number of pyridine rings is 1. The molecule has 0 aliphatic rings. The summed E-state index contributed by atoms with van der Waals surface area (Å²) in [6, 6.07) is 3.02. The fraction of sp³-hybridized carbons (Fsp3) is 0.500. The number of rotatable bonds is 5. The van der Waals surface area contributed by atoms with E-state index in [-0.39, 0.29) is 11.3 Å². The quantitative estimate of drug-likeness (QED) is 0.595. The van der Waals surface area contributed by atoms with Crippen molar-refractivity contribution in [1.29, 1.82) is 0 Å². The van der Waals surface area contributed by atoms with Crippen molar-refractivity contribution >= 4 is 5.78 Å². The van der Waals surface area contributed by atoms with E-state index in [1.54, 1.807) is 13.0 Å². The largest absolute Gasteiger partial charge is 0.326 e. The van der Waals surface area contributed by atoms with Crippen molar-refractivity contribution in [1.82, 2.24) is 4.98 Å². The topological polar surface area (TPSA) is 49.9 Å². The third kappa shape index (κ3) is 3.35. The maximum Gasteiger partial charge on any atom is 0.248 e. The zero-order valence-corrected chi connectivity index (χ0v) is 9.30. The van der Waals surface area contributed by atoms with Crippen LogP contribution in [0.5, 0.6) is 0 Å². The average molecular weight is 207 g/mol. The Labute approximate surface area is 89.5 Å². The lowest BCUT2D eigenvalue weighted by molar-refractivity contribution is 0.0978. The molecule has 0 radical (unpaired) electrons. The van der Waals surface area contributed by atoms with Gasteiger partial charge in [-0.15, -0.1) is 0 Å². The molecule has 0 saturated heterocycles. The Hall–Kier alpha value is -1.38. The first kappa shape index (κ1) is 11.7. The van der Waals surface area contributed by atoms with Gasteiger partial charge in [0.25, 0.3) is 0 Å². The third-order valence-electron chi connectivity index (χ3n) is 2.42. The van der Waals surface area contributed by atoms with E-state index in [9.17, 15) is 9.59 Å². The van der Waals surface area contributed by atoms with Gasteiger partial charge in [-0.2, -0.15) is 0 Å². The van der Waals surface area contributed by atoms with Gasteiger partial charge in [0.1, 0.15) is 0 Å². The van der Waals surface area contributed by atoms with E-state index in [1.807, 2.05) is 0 Å². The van der Waals surface area contributed by atoms with Gasteiger partial charge in [-0.3, -0.25) is 9.59 Å². The second-order valence-corrected chi connectivity index (χ2v) is 3.74. The highest BCUT2D eigenvalue weighted by atomic mass is 16.1. The van der Waals surface area contributed by atoms with Crippen LogP contribution in [0.1, 0.15) is 48.7 Å². The summed E-state index contributed by atoms with van der Waals surface area (Å²) in [5.41, 5.74) is 1.16. The normalized spacial score (nSPS) is 10.3. The third-order valence-corrected chi connectivity index (χ3v) is 2.42. The highest BCUT2D eigenvalue weighted by Gasteiger charge is 2.08. The van der Waals surface area contributed by atoms with Crippen molar-refractivity contribution in [2.45, 2.75) is 39.5 Å². The molecule has 0 fully saturated rings. The number of H-pyrrole nitrogens is 1. The molecule has 0 bridgehead atoms. The van der Waals surface area contributed by atoms with Gasteiger partial charge in [-0.1, -0.05) is 19.8 Å². The maximum absolute atomic E-state index is 11.7. The molecule has 0 aliphatic carbocycles. The highest BCUT2D eigenvalue weighted by molar-refractivity contribution is 5.96. The smallest absolute Gasteiger partial charge is 0.248 e. The van der Waals surface area contributed by atoms with E-state index < -0.39 is 0 Å². The molecule has 0 unspecified atom stereocenters. The van der Waals surface area contributed by atoms with Crippen molar-refractivity contribution in [2.75, 3.05) is 0 Å². The second kappa shape index (κ2) is 5.49. The van der Waals surface area contributed by atoms with Crippen molar-refractivity contribution < 1.29 is 4.79 Å². The molecule has 0 aliphatic heterocycles. The van der Waals surface area contributed by atoms with Crippen LogP contribution >= 0.6 is 0 Å². The molecule has 1 aromatic rings. The molecule has 1 rings (SSSR count). The minimum absolute atomic E-state index is 0.122. The molecule has 0 spiro atoms. The lowest BCUT2D eigenvalue weighted by Crippen LogP contribution is -2.11. The number of ketones is 1. The summed E-state index contributed by atoms with van der Waals surface area (Å²) in [4.78, 5) is 25.3. The number of aromatic amines is 1. The summed E-state index contributed by atoms with van der Waals surface area (Å²) in [7, 11) is 0. The minimum atomic E-state index is -0.155. The average Bonchev–Trinajstić information content (AvgIpc) is 2.17. The zero-order valence-electron chi connectivity index (χ0n) is 9.30. The van der Waals surface area contributed by atoms with Crippen LogP contribution in [0, 0.1) is 6.92 Å². The van der Waals surface area contributed by atoms with E-state index >= 15 is 0 Å². The van der Waals surface area contributed by atoms with Crippen molar-refractivity contribution in [3.8, 4) is 0 Å². The van der Waals surface area contributed by atoms with Crippen LogP contribution in [0.15, 0.2) is 16.9 Å². The Balaban J connectivity index is 2.69. The molecule has 0 amide bonds. The highest BCUT2D eigenvalue weighted by Crippen LogP contribution is 2.09. The lowest BCUT2D eigenvalue weighted by atomic mass is 10.0. The van der Waals surface area contributed by atoms with Crippen LogP contribution < -0.4 is 5.56 Å².